The van der Waals surface area contributed by atoms with Gasteiger partial charge in [-0.25, -0.2) is 0 Å². The molecule has 0 aromatic heterocycles. The molecule has 0 bridgehead atoms. The molecule has 0 fully saturated rings. The number of rotatable bonds is 5. The summed E-state index contributed by atoms with van der Waals surface area (Å²) in [5, 5.41) is 0. The van der Waals surface area contributed by atoms with Crippen molar-refractivity contribution in [1.82, 2.24) is 0 Å². The van der Waals surface area contributed by atoms with Crippen LogP contribution in [0.3, 0.4) is 0 Å². The van der Waals surface area contributed by atoms with E-state index in [1.807, 2.05) is 30.3 Å². The van der Waals surface area contributed by atoms with E-state index >= 15 is 0 Å². The fourth-order valence-corrected chi connectivity index (χ4v) is 2.31. The largest absolute Gasteiger partial charge is 0.457 e. The number of para-hydroxylation sites is 1. The van der Waals surface area contributed by atoms with E-state index in [-0.39, 0.29) is 5.78 Å². The van der Waals surface area contributed by atoms with Crippen LogP contribution in [0.15, 0.2) is 78.9 Å². The van der Waals surface area contributed by atoms with Gasteiger partial charge in [0.05, 0.1) is 0 Å². The number of hydrogen-bond donors (Lipinski definition) is 0. The lowest BCUT2D eigenvalue weighted by Gasteiger charge is -2.07. The molecule has 0 unspecified atom stereocenters. The van der Waals surface area contributed by atoms with Crippen molar-refractivity contribution in [3.8, 4) is 17.2 Å². The van der Waals surface area contributed by atoms with Gasteiger partial charge in [0.15, 0.2) is 5.78 Å². The van der Waals surface area contributed by atoms with E-state index in [1.165, 1.54) is 6.92 Å². The number of hydrogen-bond acceptors (Lipinski definition) is 4. The summed E-state index contributed by atoms with van der Waals surface area (Å²) in [5.74, 6) is 1.31. The summed E-state index contributed by atoms with van der Waals surface area (Å²) < 4.78 is 10.7. The van der Waals surface area contributed by atoms with Crippen molar-refractivity contribution in [2.45, 2.75) is 6.92 Å². The van der Waals surface area contributed by atoms with E-state index in [1.54, 1.807) is 48.5 Å². The first-order valence-electron chi connectivity index (χ1n) is 7.78. The smallest absolute Gasteiger partial charge is 0.308 e. The van der Waals surface area contributed by atoms with E-state index in [4.69, 9.17) is 9.47 Å². The second-order valence-corrected chi connectivity index (χ2v) is 5.39. The fraction of sp³-hybridized carbons (Fsp3) is 0.0476. The van der Waals surface area contributed by atoms with Gasteiger partial charge in [0, 0.05) is 18.1 Å². The van der Waals surface area contributed by atoms with Crippen LogP contribution < -0.4 is 9.47 Å². The molecule has 0 spiro atoms. The second-order valence-electron chi connectivity index (χ2n) is 5.39. The van der Waals surface area contributed by atoms with Crippen LogP contribution >= 0.6 is 0 Å². The van der Waals surface area contributed by atoms with E-state index in [9.17, 15) is 9.59 Å². The maximum absolute atomic E-state index is 12.5. The molecule has 0 aliphatic rings. The zero-order chi connectivity index (χ0) is 17.6. The molecule has 0 aliphatic heterocycles. The fourth-order valence-electron chi connectivity index (χ4n) is 2.31. The first-order chi connectivity index (χ1) is 12.1. The first kappa shape index (κ1) is 16.5. The van der Waals surface area contributed by atoms with Gasteiger partial charge in [-0.3, -0.25) is 9.59 Å². The predicted molar refractivity (Wildman–Crippen MR) is 94.1 cm³/mol. The highest BCUT2D eigenvalue weighted by Gasteiger charge is 2.10. The molecule has 25 heavy (non-hydrogen) atoms. The Balaban J connectivity index is 1.71. The Labute approximate surface area is 145 Å². The van der Waals surface area contributed by atoms with Crippen molar-refractivity contribution >= 4 is 11.8 Å². The zero-order valence-corrected chi connectivity index (χ0v) is 13.6. The summed E-state index contributed by atoms with van der Waals surface area (Å²) in [6.07, 6.45) is 0. The maximum atomic E-state index is 12.5. The predicted octanol–water partition coefficient (Wildman–Crippen LogP) is 4.64. The Bertz CT molecular complexity index is 866. The molecule has 0 amide bonds. The number of carbonyl (C=O) groups excluding carboxylic acids is 2. The summed E-state index contributed by atoms with van der Waals surface area (Å²) in [7, 11) is 0. The third-order valence-corrected chi connectivity index (χ3v) is 3.47. The molecule has 3 aromatic carbocycles. The third-order valence-electron chi connectivity index (χ3n) is 3.47. The summed E-state index contributed by atoms with van der Waals surface area (Å²) in [4.78, 5) is 23.4. The molecule has 0 atom stereocenters. The Hall–Kier alpha value is -3.40. The molecule has 0 saturated carbocycles. The first-order valence-corrected chi connectivity index (χ1v) is 7.78. The molecule has 4 nitrogen and oxygen atoms in total. The van der Waals surface area contributed by atoms with E-state index in [2.05, 4.69) is 0 Å². The normalized spacial score (nSPS) is 10.1. The molecule has 0 radical (unpaired) electrons. The van der Waals surface area contributed by atoms with Crippen LogP contribution in [0, 0.1) is 0 Å². The number of ether oxygens (including phenoxy) is 2. The van der Waals surface area contributed by atoms with Crippen molar-refractivity contribution in [1.29, 1.82) is 0 Å². The molecule has 4 heteroatoms. The topological polar surface area (TPSA) is 52.6 Å². The lowest BCUT2D eigenvalue weighted by molar-refractivity contribution is -0.131. The number of benzene rings is 3. The minimum atomic E-state index is -0.395. The van der Waals surface area contributed by atoms with Gasteiger partial charge in [-0.05, 0) is 60.7 Å². The van der Waals surface area contributed by atoms with Gasteiger partial charge in [-0.1, -0.05) is 18.2 Å². The van der Waals surface area contributed by atoms with Crippen LogP contribution in [0.5, 0.6) is 17.2 Å². The van der Waals surface area contributed by atoms with Crippen LogP contribution in [-0.4, -0.2) is 11.8 Å². The average molecular weight is 332 g/mol. The highest BCUT2D eigenvalue weighted by atomic mass is 16.5. The summed E-state index contributed by atoms with van der Waals surface area (Å²) >= 11 is 0. The van der Waals surface area contributed by atoms with Crippen LogP contribution in [0.4, 0.5) is 0 Å². The van der Waals surface area contributed by atoms with Gasteiger partial charge < -0.3 is 9.47 Å². The number of esters is 1. The van der Waals surface area contributed by atoms with Gasteiger partial charge in [0.2, 0.25) is 0 Å². The Kier molecular flexibility index (Phi) is 4.90. The monoisotopic (exact) mass is 332 g/mol. The Morgan fingerprint density at radius 1 is 0.640 bits per heavy atom. The quantitative estimate of drug-likeness (QED) is 0.388. The summed E-state index contributed by atoms with van der Waals surface area (Å²) in [5.41, 5.74) is 1.08. The molecule has 0 aliphatic carbocycles. The maximum Gasteiger partial charge on any atom is 0.308 e. The van der Waals surface area contributed by atoms with Crippen LogP contribution in [0.25, 0.3) is 0 Å². The summed E-state index contributed by atoms with van der Waals surface area (Å²) in [6.45, 7) is 1.33. The molecule has 0 saturated heterocycles. The number of carbonyl (C=O) groups is 2. The average Bonchev–Trinajstić information content (AvgIpc) is 2.63. The van der Waals surface area contributed by atoms with E-state index in [0.29, 0.717) is 22.6 Å². The number of ketones is 1. The highest BCUT2D eigenvalue weighted by molar-refractivity contribution is 6.09. The third kappa shape index (κ3) is 4.32. The molecular weight excluding hydrogens is 316 g/mol. The lowest BCUT2D eigenvalue weighted by atomic mass is 10.0. The highest BCUT2D eigenvalue weighted by Crippen LogP contribution is 2.22. The standard InChI is InChI=1S/C21H16O4/c1-15(22)24-19-11-7-16(8-12-19)21(23)17-9-13-20(14-10-17)25-18-5-3-2-4-6-18/h2-14H,1H3. The van der Waals surface area contributed by atoms with Gasteiger partial charge in [0.25, 0.3) is 0 Å². The van der Waals surface area contributed by atoms with E-state index in [0.717, 1.165) is 5.75 Å². The molecule has 0 N–H and O–H groups in total. The minimum Gasteiger partial charge on any atom is -0.457 e. The van der Waals surface area contributed by atoms with E-state index < -0.39 is 5.97 Å². The summed E-state index contributed by atoms with van der Waals surface area (Å²) in [6, 6.07) is 22.9. The van der Waals surface area contributed by atoms with Crippen molar-refractivity contribution < 1.29 is 19.1 Å². The molecule has 124 valence electrons. The zero-order valence-electron chi connectivity index (χ0n) is 13.6. The van der Waals surface area contributed by atoms with Gasteiger partial charge in [0.1, 0.15) is 17.2 Å². The van der Waals surface area contributed by atoms with Gasteiger partial charge >= 0.3 is 5.97 Å². The van der Waals surface area contributed by atoms with Crippen LogP contribution in [0.2, 0.25) is 0 Å². The SMILES string of the molecule is CC(=O)Oc1ccc(C(=O)c2ccc(Oc3ccccc3)cc2)cc1. The molecule has 0 heterocycles. The second kappa shape index (κ2) is 7.45. The van der Waals surface area contributed by atoms with Gasteiger partial charge in [-0.2, -0.15) is 0 Å². The molecule has 3 rings (SSSR count). The van der Waals surface area contributed by atoms with Gasteiger partial charge in [-0.15, -0.1) is 0 Å². The van der Waals surface area contributed by atoms with Crippen LogP contribution in [0.1, 0.15) is 22.8 Å². The molecular formula is C21H16O4. The Morgan fingerprint density at radius 3 is 1.64 bits per heavy atom. The molecule has 3 aromatic rings. The van der Waals surface area contributed by atoms with Crippen molar-refractivity contribution in [3.63, 3.8) is 0 Å². The van der Waals surface area contributed by atoms with Crippen molar-refractivity contribution in [3.05, 3.63) is 90.0 Å². The van der Waals surface area contributed by atoms with Crippen molar-refractivity contribution in [2.24, 2.45) is 0 Å². The lowest BCUT2D eigenvalue weighted by Crippen LogP contribution is -2.03. The Morgan fingerprint density at radius 2 is 1.12 bits per heavy atom. The minimum absolute atomic E-state index is 0.111. The van der Waals surface area contributed by atoms with Crippen LogP contribution in [-0.2, 0) is 4.79 Å². The van der Waals surface area contributed by atoms with Crippen molar-refractivity contribution in [2.75, 3.05) is 0 Å².